The summed E-state index contributed by atoms with van der Waals surface area (Å²) in [6, 6.07) is 25.0. The number of rotatable bonds is 7. The van der Waals surface area contributed by atoms with Crippen LogP contribution in [0.4, 0.5) is 17.5 Å². The third-order valence-electron chi connectivity index (χ3n) is 4.51. The van der Waals surface area contributed by atoms with Gasteiger partial charge in [-0.05, 0) is 43.3 Å². The van der Waals surface area contributed by atoms with Gasteiger partial charge in [0.1, 0.15) is 5.82 Å². The number of anilines is 3. The Morgan fingerprint density at radius 3 is 2.37 bits per heavy atom. The third kappa shape index (κ3) is 4.86. The van der Waals surface area contributed by atoms with Crippen LogP contribution in [0.15, 0.2) is 85.1 Å². The Balaban J connectivity index is 1.62. The number of Topliss-reactive ketones (excluding diaryl/α,β-unsaturated/α-hetero) is 1. The Bertz CT molecular complexity index is 1130. The van der Waals surface area contributed by atoms with E-state index in [0.29, 0.717) is 23.9 Å². The van der Waals surface area contributed by atoms with Crippen molar-refractivity contribution >= 4 is 23.2 Å². The average molecular weight is 395 g/mol. The van der Waals surface area contributed by atoms with E-state index in [1.54, 1.807) is 25.3 Å². The van der Waals surface area contributed by atoms with Crippen molar-refractivity contribution in [3.63, 3.8) is 0 Å². The van der Waals surface area contributed by atoms with Gasteiger partial charge in [0.2, 0.25) is 5.95 Å². The van der Waals surface area contributed by atoms with E-state index in [4.69, 9.17) is 0 Å². The number of carbonyl (C=O) groups excluding carboxylic acids is 1. The van der Waals surface area contributed by atoms with Gasteiger partial charge in [-0.15, -0.1) is 0 Å². The van der Waals surface area contributed by atoms with E-state index in [2.05, 4.69) is 25.6 Å². The monoisotopic (exact) mass is 395 g/mol. The van der Waals surface area contributed by atoms with E-state index in [-0.39, 0.29) is 5.78 Å². The van der Waals surface area contributed by atoms with Gasteiger partial charge in [0.05, 0.1) is 17.9 Å². The Morgan fingerprint density at radius 2 is 1.67 bits per heavy atom. The van der Waals surface area contributed by atoms with Crippen LogP contribution >= 0.6 is 0 Å². The van der Waals surface area contributed by atoms with Crippen molar-refractivity contribution in [2.45, 2.75) is 13.5 Å². The van der Waals surface area contributed by atoms with E-state index in [1.807, 2.05) is 66.7 Å². The molecule has 0 saturated carbocycles. The first kappa shape index (κ1) is 19.3. The summed E-state index contributed by atoms with van der Waals surface area (Å²) in [5.74, 6) is 1.20. The van der Waals surface area contributed by atoms with Crippen molar-refractivity contribution in [1.29, 1.82) is 0 Å². The first-order valence-electron chi connectivity index (χ1n) is 9.64. The molecule has 148 valence electrons. The summed E-state index contributed by atoms with van der Waals surface area (Å²) >= 11 is 0. The van der Waals surface area contributed by atoms with Gasteiger partial charge in [-0.1, -0.05) is 36.4 Å². The van der Waals surface area contributed by atoms with E-state index in [9.17, 15) is 4.79 Å². The van der Waals surface area contributed by atoms with Crippen molar-refractivity contribution in [2.75, 3.05) is 10.6 Å². The molecule has 4 aromatic rings. The maximum Gasteiger partial charge on any atom is 0.225 e. The van der Waals surface area contributed by atoms with Gasteiger partial charge in [0, 0.05) is 29.1 Å². The standard InChI is InChI=1S/C24H21N5O/c1-17(30)18-10-12-20(13-11-18)27-23-15-22(19-7-3-2-4-8-19)28-24(29-23)26-16-21-9-5-6-14-25-21/h2-15H,16H2,1H3,(H2,26,27,28,29). The summed E-state index contributed by atoms with van der Waals surface area (Å²) in [4.78, 5) is 25.1. The number of carbonyl (C=O) groups is 1. The molecule has 0 bridgehead atoms. The molecule has 2 heterocycles. The molecule has 0 atom stereocenters. The van der Waals surface area contributed by atoms with Gasteiger partial charge in [-0.25, -0.2) is 4.98 Å². The maximum atomic E-state index is 11.5. The Kier molecular flexibility index (Phi) is 5.75. The Labute approximate surface area is 175 Å². The summed E-state index contributed by atoms with van der Waals surface area (Å²) in [6.45, 7) is 2.07. The number of nitrogens with one attached hydrogen (secondary N) is 2. The zero-order valence-electron chi connectivity index (χ0n) is 16.5. The SMILES string of the molecule is CC(=O)c1ccc(Nc2cc(-c3ccccc3)nc(NCc3ccccn3)n2)cc1. The molecule has 0 amide bonds. The predicted octanol–water partition coefficient (Wildman–Crippen LogP) is 5.10. The smallest absolute Gasteiger partial charge is 0.225 e. The summed E-state index contributed by atoms with van der Waals surface area (Å²) < 4.78 is 0. The minimum atomic E-state index is 0.0379. The van der Waals surface area contributed by atoms with Crippen molar-refractivity contribution in [3.05, 3.63) is 96.3 Å². The number of ketones is 1. The molecule has 0 aliphatic heterocycles. The fraction of sp³-hybridized carbons (Fsp3) is 0.0833. The van der Waals surface area contributed by atoms with Gasteiger partial charge >= 0.3 is 0 Å². The lowest BCUT2D eigenvalue weighted by Gasteiger charge is -2.12. The zero-order chi connectivity index (χ0) is 20.8. The highest BCUT2D eigenvalue weighted by atomic mass is 16.1. The second-order valence-corrected chi connectivity index (χ2v) is 6.76. The fourth-order valence-electron chi connectivity index (χ4n) is 2.96. The fourth-order valence-corrected chi connectivity index (χ4v) is 2.96. The van der Waals surface area contributed by atoms with Crippen LogP contribution in [0.1, 0.15) is 23.0 Å². The second-order valence-electron chi connectivity index (χ2n) is 6.76. The zero-order valence-corrected chi connectivity index (χ0v) is 16.5. The second kappa shape index (κ2) is 8.96. The van der Waals surface area contributed by atoms with Crippen molar-refractivity contribution in [1.82, 2.24) is 15.0 Å². The predicted molar refractivity (Wildman–Crippen MR) is 119 cm³/mol. The highest BCUT2D eigenvalue weighted by Crippen LogP contribution is 2.24. The first-order valence-corrected chi connectivity index (χ1v) is 9.64. The molecule has 0 unspecified atom stereocenters. The number of hydrogen-bond acceptors (Lipinski definition) is 6. The molecule has 4 rings (SSSR count). The van der Waals surface area contributed by atoms with E-state index >= 15 is 0 Å². The van der Waals surface area contributed by atoms with Crippen LogP contribution in [-0.4, -0.2) is 20.7 Å². The summed E-state index contributed by atoms with van der Waals surface area (Å²) in [5, 5.41) is 6.55. The Morgan fingerprint density at radius 1 is 0.900 bits per heavy atom. The molecule has 0 spiro atoms. The van der Waals surface area contributed by atoms with Crippen LogP contribution in [0.5, 0.6) is 0 Å². The maximum absolute atomic E-state index is 11.5. The highest BCUT2D eigenvalue weighted by molar-refractivity contribution is 5.94. The van der Waals surface area contributed by atoms with E-state index in [0.717, 1.165) is 22.6 Å². The topological polar surface area (TPSA) is 79.8 Å². The Hall–Kier alpha value is -4.06. The molecule has 0 radical (unpaired) electrons. The largest absolute Gasteiger partial charge is 0.348 e. The lowest BCUT2D eigenvalue weighted by molar-refractivity contribution is 0.101. The van der Waals surface area contributed by atoms with Gasteiger partial charge < -0.3 is 10.6 Å². The number of aromatic nitrogens is 3. The molecule has 2 N–H and O–H groups in total. The molecule has 6 nitrogen and oxygen atoms in total. The van der Waals surface area contributed by atoms with Gasteiger partial charge in [0.15, 0.2) is 5.78 Å². The number of benzene rings is 2. The molecule has 0 fully saturated rings. The number of nitrogens with zero attached hydrogens (tertiary/aromatic N) is 3. The summed E-state index contributed by atoms with van der Waals surface area (Å²) in [5.41, 5.74) is 4.22. The number of pyridine rings is 1. The van der Waals surface area contributed by atoms with Crippen LogP contribution < -0.4 is 10.6 Å². The van der Waals surface area contributed by atoms with Gasteiger partial charge in [-0.2, -0.15) is 4.98 Å². The van der Waals surface area contributed by atoms with Crippen LogP contribution in [0, 0.1) is 0 Å². The molecule has 2 aromatic heterocycles. The molecule has 6 heteroatoms. The average Bonchev–Trinajstić information content (AvgIpc) is 2.79. The molecular formula is C24H21N5O. The van der Waals surface area contributed by atoms with Gasteiger partial charge in [-0.3, -0.25) is 9.78 Å². The molecular weight excluding hydrogens is 374 g/mol. The summed E-state index contributed by atoms with van der Waals surface area (Å²) in [6.07, 6.45) is 1.76. The minimum absolute atomic E-state index is 0.0379. The molecule has 30 heavy (non-hydrogen) atoms. The van der Waals surface area contributed by atoms with E-state index in [1.165, 1.54) is 0 Å². The quantitative estimate of drug-likeness (QED) is 0.424. The lowest BCUT2D eigenvalue weighted by atomic mass is 10.1. The van der Waals surface area contributed by atoms with Crippen LogP contribution in [0.3, 0.4) is 0 Å². The molecule has 2 aromatic carbocycles. The molecule has 0 aliphatic rings. The summed E-state index contributed by atoms with van der Waals surface area (Å²) in [7, 11) is 0. The van der Waals surface area contributed by atoms with Crippen molar-refractivity contribution < 1.29 is 4.79 Å². The molecule has 0 saturated heterocycles. The lowest BCUT2D eigenvalue weighted by Crippen LogP contribution is -2.07. The minimum Gasteiger partial charge on any atom is -0.348 e. The highest BCUT2D eigenvalue weighted by Gasteiger charge is 2.08. The van der Waals surface area contributed by atoms with Gasteiger partial charge in [0.25, 0.3) is 0 Å². The number of hydrogen-bond donors (Lipinski definition) is 2. The van der Waals surface area contributed by atoms with Crippen LogP contribution in [0.2, 0.25) is 0 Å². The van der Waals surface area contributed by atoms with Crippen molar-refractivity contribution in [2.24, 2.45) is 0 Å². The van der Waals surface area contributed by atoms with Crippen LogP contribution in [0.25, 0.3) is 11.3 Å². The third-order valence-corrected chi connectivity index (χ3v) is 4.51. The van der Waals surface area contributed by atoms with E-state index < -0.39 is 0 Å². The molecule has 0 aliphatic carbocycles. The first-order chi connectivity index (χ1) is 14.7. The van der Waals surface area contributed by atoms with Crippen molar-refractivity contribution in [3.8, 4) is 11.3 Å². The normalized spacial score (nSPS) is 10.4. The van der Waals surface area contributed by atoms with Crippen LogP contribution in [-0.2, 0) is 6.54 Å².